The van der Waals surface area contributed by atoms with Crippen LogP contribution in [0.4, 0.5) is 0 Å². The van der Waals surface area contributed by atoms with Crippen molar-refractivity contribution in [3.05, 3.63) is 57.0 Å². The topological polar surface area (TPSA) is 35.2 Å². The highest BCUT2D eigenvalue weighted by Crippen LogP contribution is 2.33. The van der Waals surface area contributed by atoms with Gasteiger partial charge in [0.1, 0.15) is 11.5 Å². The van der Waals surface area contributed by atoms with E-state index in [4.69, 9.17) is 22.1 Å². The molecule has 2 aromatic rings. The third-order valence-corrected chi connectivity index (χ3v) is 3.69. The van der Waals surface area contributed by atoms with E-state index in [1.807, 2.05) is 50.2 Å². The van der Waals surface area contributed by atoms with Crippen molar-refractivity contribution in [2.45, 2.75) is 19.9 Å². The van der Waals surface area contributed by atoms with Crippen molar-refractivity contribution in [2.75, 3.05) is 0 Å². The summed E-state index contributed by atoms with van der Waals surface area (Å²) in [6.45, 7) is 3.91. The van der Waals surface area contributed by atoms with Gasteiger partial charge in [-0.05, 0) is 71.2 Å². The summed E-state index contributed by atoms with van der Waals surface area (Å²) in [7, 11) is 0. The van der Waals surface area contributed by atoms with Gasteiger partial charge in [0.2, 0.25) is 0 Å². The molecule has 0 aromatic heterocycles. The third-order valence-electron chi connectivity index (χ3n) is 2.84. The largest absolute Gasteiger partial charge is 0.456 e. The molecule has 0 aliphatic carbocycles. The van der Waals surface area contributed by atoms with E-state index in [1.54, 1.807) is 0 Å². The highest BCUT2D eigenvalue weighted by atomic mass is 79.9. The van der Waals surface area contributed by atoms with Crippen LogP contribution in [0.5, 0.6) is 11.5 Å². The molecule has 2 aromatic carbocycles. The molecule has 0 bridgehead atoms. The standard InChI is InChI=1S/C15H15BrClNO/c1-9-7-12(17)4-6-14(9)19-15-5-3-11(10(2)18)8-13(15)16/h3-8,10H,18H2,1-2H3. The number of ether oxygens (including phenoxy) is 1. The molecule has 2 nitrogen and oxygen atoms in total. The minimum Gasteiger partial charge on any atom is -0.456 e. The predicted octanol–water partition coefficient (Wildman–Crippen LogP) is 5.22. The Kier molecular flexibility index (Phi) is 4.50. The van der Waals surface area contributed by atoms with Gasteiger partial charge in [0.15, 0.2) is 0 Å². The van der Waals surface area contributed by atoms with Crippen LogP contribution in [0.2, 0.25) is 5.02 Å². The molecule has 0 aliphatic heterocycles. The van der Waals surface area contributed by atoms with Crippen molar-refractivity contribution in [3.8, 4) is 11.5 Å². The smallest absolute Gasteiger partial charge is 0.141 e. The molecule has 1 unspecified atom stereocenters. The summed E-state index contributed by atoms with van der Waals surface area (Å²) in [5.41, 5.74) is 7.91. The average Bonchev–Trinajstić information content (AvgIpc) is 2.34. The van der Waals surface area contributed by atoms with Gasteiger partial charge < -0.3 is 10.5 Å². The Bertz CT molecular complexity index is 599. The molecule has 100 valence electrons. The quantitative estimate of drug-likeness (QED) is 0.831. The Morgan fingerprint density at radius 3 is 2.42 bits per heavy atom. The summed E-state index contributed by atoms with van der Waals surface area (Å²) < 4.78 is 6.77. The second-order valence-corrected chi connectivity index (χ2v) is 5.78. The molecule has 0 spiro atoms. The highest BCUT2D eigenvalue weighted by Gasteiger charge is 2.08. The Hall–Kier alpha value is -1.03. The van der Waals surface area contributed by atoms with Crippen molar-refractivity contribution in [1.29, 1.82) is 0 Å². The van der Waals surface area contributed by atoms with Crippen LogP contribution in [0, 0.1) is 6.92 Å². The fraction of sp³-hybridized carbons (Fsp3) is 0.200. The summed E-state index contributed by atoms with van der Waals surface area (Å²) >= 11 is 9.43. The lowest BCUT2D eigenvalue weighted by molar-refractivity contribution is 0.475. The number of benzene rings is 2. The molecular weight excluding hydrogens is 326 g/mol. The highest BCUT2D eigenvalue weighted by molar-refractivity contribution is 9.10. The summed E-state index contributed by atoms with van der Waals surface area (Å²) in [5, 5.41) is 0.705. The van der Waals surface area contributed by atoms with E-state index >= 15 is 0 Å². The number of rotatable bonds is 3. The van der Waals surface area contributed by atoms with Gasteiger partial charge in [-0.25, -0.2) is 0 Å². The first-order chi connectivity index (χ1) is 8.97. The maximum atomic E-state index is 5.93. The van der Waals surface area contributed by atoms with Crippen LogP contribution in [0.25, 0.3) is 0 Å². The molecule has 2 N–H and O–H groups in total. The van der Waals surface area contributed by atoms with E-state index in [0.717, 1.165) is 27.1 Å². The normalized spacial score (nSPS) is 12.3. The zero-order valence-corrected chi connectivity index (χ0v) is 13.1. The molecule has 4 heteroatoms. The van der Waals surface area contributed by atoms with Gasteiger partial charge in [-0.3, -0.25) is 0 Å². The zero-order valence-electron chi connectivity index (χ0n) is 10.8. The van der Waals surface area contributed by atoms with E-state index in [1.165, 1.54) is 0 Å². The van der Waals surface area contributed by atoms with E-state index in [0.29, 0.717) is 5.02 Å². The molecule has 0 fully saturated rings. The van der Waals surface area contributed by atoms with Gasteiger partial charge in [-0.1, -0.05) is 17.7 Å². The van der Waals surface area contributed by atoms with Crippen molar-refractivity contribution in [2.24, 2.45) is 5.73 Å². The monoisotopic (exact) mass is 339 g/mol. The van der Waals surface area contributed by atoms with Gasteiger partial charge in [0.05, 0.1) is 4.47 Å². The van der Waals surface area contributed by atoms with Gasteiger partial charge in [-0.2, -0.15) is 0 Å². The minimum absolute atomic E-state index is 0.00242. The van der Waals surface area contributed by atoms with E-state index in [-0.39, 0.29) is 6.04 Å². The molecule has 0 saturated heterocycles. The zero-order chi connectivity index (χ0) is 14.0. The second-order valence-electron chi connectivity index (χ2n) is 4.49. The van der Waals surface area contributed by atoms with Crippen LogP contribution >= 0.6 is 27.5 Å². The lowest BCUT2D eigenvalue weighted by Crippen LogP contribution is -2.04. The molecular formula is C15H15BrClNO. The lowest BCUT2D eigenvalue weighted by Gasteiger charge is -2.12. The second kappa shape index (κ2) is 5.95. The van der Waals surface area contributed by atoms with Gasteiger partial charge in [0, 0.05) is 11.1 Å². The first-order valence-corrected chi connectivity index (χ1v) is 7.13. The first kappa shape index (κ1) is 14.4. The molecule has 19 heavy (non-hydrogen) atoms. The summed E-state index contributed by atoms with van der Waals surface area (Å²) in [6.07, 6.45) is 0. The van der Waals surface area contributed by atoms with Crippen LogP contribution in [0.3, 0.4) is 0 Å². The van der Waals surface area contributed by atoms with Crippen LogP contribution in [0.15, 0.2) is 40.9 Å². The van der Waals surface area contributed by atoms with E-state index in [2.05, 4.69) is 15.9 Å². The van der Waals surface area contributed by atoms with Crippen LogP contribution in [0.1, 0.15) is 24.1 Å². The molecule has 0 saturated carbocycles. The van der Waals surface area contributed by atoms with Crippen LogP contribution < -0.4 is 10.5 Å². The van der Waals surface area contributed by atoms with Crippen LogP contribution in [-0.2, 0) is 0 Å². The number of hydrogen-bond donors (Lipinski definition) is 1. The minimum atomic E-state index is 0.00242. The predicted molar refractivity (Wildman–Crippen MR) is 83.0 cm³/mol. The first-order valence-electron chi connectivity index (χ1n) is 5.96. The van der Waals surface area contributed by atoms with E-state index in [9.17, 15) is 0 Å². The number of aryl methyl sites for hydroxylation is 1. The lowest BCUT2D eigenvalue weighted by atomic mass is 10.1. The number of nitrogens with two attached hydrogens (primary N) is 1. The number of halogens is 2. The van der Waals surface area contributed by atoms with Crippen molar-refractivity contribution < 1.29 is 4.74 Å². The van der Waals surface area contributed by atoms with E-state index < -0.39 is 0 Å². The summed E-state index contributed by atoms with van der Waals surface area (Å²) in [5.74, 6) is 1.55. The molecule has 0 amide bonds. The Labute approximate surface area is 126 Å². The number of hydrogen-bond acceptors (Lipinski definition) is 2. The third kappa shape index (κ3) is 3.50. The SMILES string of the molecule is Cc1cc(Cl)ccc1Oc1ccc(C(C)N)cc1Br. The van der Waals surface area contributed by atoms with Gasteiger partial charge in [-0.15, -0.1) is 0 Å². The summed E-state index contributed by atoms with van der Waals surface area (Å²) in [6, 6.07) is 11.4. The molecule has 0 heterocycles. The fourth-order valence-corrected chi connectivity index (χ4v) is 2.43. The Morgan fingerprint density at radius 2 is 1.84 bits per heavy atom. The molecule has 0 radical (unpaired) electrons. The average molecular weight is 341 g/mol. The van der Waals surface area contributed by atoms with Gasteiger partial charge >= 0.3 is 0 Å². The molecule has 2 rings (SSSR count). The van der Waals surface area contributed by atoms with Crippen molar-refractivity contribution >= 4 is 27.5 Å². The Morgan fingerprint density at radius 1 is 1.16 bits per heavy atom. The van der Waals surface area contributed by atoms with Crippen LogP contribution in [-0.4, -0.2) is 0 Å². The maximum Gasteiger partial charge on any atom is 0.141 e. The summed E-state index contributed by atoms with van der Waals surface area (Å²) in [4.78, 5) is 0. The van der Waals surface area contributed by atoms with Crippen molar-refractivity contribution in [1.82, 2.24) is 0 Å². The van der Waals surface area contributed by atoms with Crippen molar-refractivity contribution in [3.63, 3.8) is 0 Å². The van der Waals surface area contributed by atoms with Gasteiger partial charge in [0.25, 0.3) is 0 Å². The molecule has 0 aliphatic rings. The Balaban J connectivity index is 2.28. The fourth-order valence-electron chi connectivity index (χ4n) is 1.73. The maximum absolute atomic E-state index is 5.93. The molecule has 1 atom stereocenters.